The molecule has 3 amide bonds. The summed E-state index contributed by atoms with van der Waals surface area (Å²) in [6.07, 6.45) is 5.79. The minimum atomic E-state index is -0.324. The van der Waals surface area contributed by atoms with Gasteiger partial charge in [0.05, 0.1) is 12.8 Å². The van der Waals surface area contributed by atoms with Crippen molar-refractivity contribution in [3.8, 4) is 5.75 Å². The SMILES string of the molecule is COc1ccc(NC(=O)NCc2cccnc2)cc1N1CCCCC1=O. The molecule has 7 heteroatoms. The number of ether oxygens (including phenoxy) is 1. The van der Waals surface area contributed by atoms with Crippen molar-refractivity contribution in [2.75, 3.05) is 23.9 Å². The summed E-state index contributed by atoms with van der Waals surface area (Å²) < 4.78 is 5.38. The number of urea groups is 1. The lowest BCUT2D eigenvalue weighted by molar-refractivity contribution is -0.119. The number of amides is 3. The summed E-state index contributed by atoms with van der Waals surface area (Å²) in [5, 5.41) is 5.58. The van der Waals surface area contributed by atoms with Crippen molar-refractivity contribution in [2.45, 2.75) is 25.8 Å². The summed E-state index contributed by atoms with van der Waals surface area (Å²) in [7, 11) is 1.57. The maximum atomic E-state index is 12.2. The predicted octanol–water partition coefficient (Wildman–Crippen LogP) is 2.93. The Morgan fingerprint density at radius 2 is 2.19 bits per heavy atom. The highest BCUT2D eigenvalue weighted by Crippen LogP contribution is 2.33. The van der Waals surface area contributed by atoms with Crippen LogP contribution in [0, 0.1) is 0 Å². The van der Waals surface area contributed by atoms with Gasteiger partial charge in [-0.05, 0) is 42.7 Å². The molecule has 1 aliphatic rings. The molecule has 0 saturated carbocycles. The van der Waals surface area contributed by atoms with E-state index in [1.54, 1.807) is 42.6 Å². The van der Waals surface area contributed by atoms with Gasteiger partial charge in [-0.3, -0.25) is 9.78 Å². The second-order valence-corrected chi connectivity index (χ2v) is 6.06. The Balaban J connectivity index is 1.69. The molecule has 2 heterocycles. The molecule has 0 atom stereocenters. The van der Waals surface area contributed by atoms with Crippen molar-refractivity contribution in [3.05, 3.63) is 48.3 Å². The first kappa shape index (κ1) is 17.7. The van der Waals surface area contributed by atoms with E-state index in [2.05, 4.69) is 15.6 Å². The number of nitrogens with zero attached hydrogens (tertiary/aromatic N) is 2. The minimum absolute atomic E-state index is 0.0766. The first-order valence-corrected chi connectivity index (χ1v) is 8.59. The smallest absolute Gasteiger partial charge is 0.319 e. The van der Waals surface area contributed by atoms with Gasteiger partial charge in [-0.2, -0.15) is 0 Å². The molecule has 1 saturated heterocycles. The Morgan fingerprint density at radius 3 is 2.92 bits per heavy atom. The zero-order valence-electron chi connectivity index (χ0n) is 14.7. The second-order valence-electron chi connectivity index (χ2n) is 6.06. The highest BCUT2D eigenvalue weighted by Gasteiger charge is 2.23. The third-order valence-electron chi connectivity index (χ3n) is 4.23. The molecule has 7 nitrogen and oxygen atoms in total. The van der Waals surface area contributed by atoms with E-state index >= 15 is 0 Å². The van der Waals surface area contributed by atoms with Crippen LogP contribution in [-0.4, -0.2) is 30.6 Å². The van der Waals surface area contributed by atoms with E-state index in [1.807, 2.05) is 12.1 Å². The van der Waals surface area contributed by atoms with Crippen molar-refractivity contribution in [1.29, 1.82) is 0 Å². The number of aromatic nitrogens is 1. The average molecular weight is 354 g/mol. The van der Waals surface area contributed by atoms with Gasteiger partial charge in [0.15, 0.2) is 0 Å². The highest BCUT2D eigenvalue weighted by atomic mass is 16.5. The molecule has 1 aromatic carbocycles. The number of hydrogen-bond donors (Lipinski definition) is 2. The molecule has 0 unspecified atom stereocenters. The number of methoxy groups -OCH3 is 1. The van der Waals surface area contributed by atoms with Crippen molar-refractivity contribution in [2.24, 2.45) is 0 Å². The van der Waals surface area contributed by atoms with Gasteiger partial charge in [-0.25, -0.2) is 4.79 Å². The molecular weight excluding hydrogens is 332 g/mol. The second kappa shape index (κ2) is 8.33. The molecule has 2 aromatic rings. The molecule has 0 radical (unpaired) electrons. The molecule has 0 bridgehead atoms. The number of pyridine rings is 1. The van der Waals surface area contributed by atoms with E-state index in [9.17, 15) is 9.59 Å². The number of piperidine rings is 1. The normalized spacial score (nSPS) is 14.0. The van der Waals surface area contributed by atoms with Crippen LogP contribution in [0.25, 0.3) is 0 Å². The minimum Gasteiger partial charge on any atom is -0.495 e. The summed E-state index contributed by atoms with van der Waals surface area (Å²) in [5.41, 5.74) is 2.20. The lowest BCUT2D eigenvalue weighted by Crippen LogP contribution is -2.35. The zero-order chi connectivity index (χ0) is 18.4. The fraction of sp³-hybridized carbons (Fsp3) is 0.316. The molecule has 0 aliphatic carbocycles. The fourth-order valence-electron chi connectivity index (χ4n) is 2.90. The number of carbonyl (C=O) groups excluding carboxylic acids is 2. The highest BCUT2D eigenvalue weighted by molar-refractivity contribution is 5.97. The number of hydrogen-bond acceptors (Lipinski definition) is 4. The topological polar surface area (TPSA) is 83.6 Å². The monoisotopic (exact) mass is 354 g/mol. The largest absolute Gasteiger partial charge is 0.495 e. The molecule has 26 heavy (non-hydrogen) atoms. The number of nitrogens with one attached hydrogen (secondary N) is 2. The number of benzene rings is 1. The van der Waals surface area contributed by atoms with E-state index in [0.29, 0.717) is 36.6 Å². The lowest BCUT2D eigenvalue weighted by Gasteiger charge is -2.28. The maximum Gasteiger partial charge on any atom is 0.319 e. The Bertz CT molecular complexity index is 780. The molecule has 3 rings (SSSR count). The standard InChI is InChI=1S/C19H22N4O3/c1-26-17-8-7-15(11-16(17)23-10-3-2-6-18(23)24)22-19(25)21-13-14-5-4-9-20-12-14/h4-5,7-9,11-12H,2-3,6,10,13H2,1H3,(H2,21,22,25). The van der Waals surface area contributed by atoms with E-state index < -0.39 is 0 Å². The van der Waals surface area contributed by atoms with Crippen LogP contribution in [0.15, 0.2) is 42.7 Å². The quantitative estimate of drug-likeness (QED) is 0.865. The fourth-order valence-corrected chi connectivity index (χ4v) is 2.90. The molecule has 0 spiro atoms. The third-order valence-corrected chi connectivity index (χ3v) is 4.23. The first-order chi connectivity index (χ1) is 12.7. The van der Waals surface area contributed by atoms with Gasteiger partial charge in [0.25, 0.3) is 0 Å². The van der Waals surface area contributed by atoms with Gasteiger partial charge in [-0.1, -0.05) is 6.07 Å². The van der Waals surface area contributed by atoms with Gasteiger partial charge < -0.3 is 20.3 Å². The molecule has 2 N–H and O–H groups in total. The summed E-state index contributed by atoms with van der Waals surface area (Å²) in [6.45, 7) is 1.04. The van der Waals surface area contributed by atoms with Crippen LogP contribution in [0.5, 0.6) is 5.75 Å². The zero-order valence-corrected chi connectivity index (χ0v) is 14.7. The Kier molecular flexibility index (Phi) is 5.68. The van der Waals surface area contributed by atoms with Crippen LogP contribution in [0.1, 0.15) is 24.8 Å². The molecule has 1 fully saturated rings. The van der Waals surface area contributed by atoms with Crippen LogP contribution in [0.2, 0.25) is 0 Å². The van der Waals surface area contributed by atoms with Gasteiger partial charge >= 0.3 is 6.03 Å². The maximum absolute atomic E-state index is 12.2. The van der Waals surface area contributed by atoms with Gasteiger partial charge in [-0.15, -0.1) is 0 Å². The van der Waals surface area contributed by atoms with Gasteiger partial charge in [0.1, 0.15) is 5.75 Å². The average Bonchev–Trinajstić information content (AvgIpc) is 2.67. The number of carbonyl (C=O) groups is 2. The number of rotatable bonds is 5. The summed E-state index contributed by atoms with van der Waals surface area (Å²) in [5.74, 6) is 0.689. The summed E-state index contributed by atoms with van der Waals surface area (Å²) in [4.78, 5) is 30.1. The van der Waals surface area contributed by atoms with E-state index in [4.69, 9.17) is 4.74 Å². The van der Waals surface area contributed by atoms with E-state index in [1.165, 1.54) is 0 Å². The van der Waals surface area contributed by atoms with Crippen LogP contribution in [0.4, 0.5) is 16.2 Å². The van der Waals surface area contributed by atoms with Crippen LogP contribution < -0.4 is 20.3 Å². The van der Waals surface area contributed by atoms with Gasteiger partial charge in [0, 0.05) is 37.6 Å². The third kappa shape index (κ3) is 4.30. The van der Waals surface area contributed by atoms with Crippen molar-refractivity contribution < 1.29 is 14.3 Å². The molecule has 1 aromatic heterocycles. The summed E-state index contributed by atoms with van der Waals surface area (Å²) >= 11 is 0. The van der Waals surface area contributed by atoms with Crippen LogP contribution in [0.3, 0.4) is 0 Å². The van der Waals surface area contributed by atoms with Crippen molar-refractivity contribution in [3.63, 3.8) is 0 Å². The molecule has 136 valence electrons. The van der Waals surface area contributed by atoms with Crippen molar-refractivity contribution in [1.82, 2.24) is 10.3 Å². The van der Waals surface area contributed by atoms with Crippen molar-refractivity contribution >= 4 is 23.3 Å². The lowest BCUT2D eigenvalue weighted by atomic mass is 10.1. The Labute approximate surface area is 152 Å². The predicted molar refractivity (Wildman–Crippen MR) is 99.3 cm³/mol. The van der Waals surface area contributed by atoms with E-state index in [0.717, 1.165) is 18.4 Å². The van der Waals surface area contributed by atoms with E-state index in [-0.39, 0.29) is 11.9 Å². The van der Waals surface area contributed by atoms with Gasteiger partial charge in [0.2, 0.25) is 5.91 Å². The Hall–Kier alpha value is -3.09. The summed E-state index contributed by atoms with van der Waals surface area (Å²) in [6, 6.07) is 8.66. The molecule has 1 aliphatic heterocycles. The van der Waals surface area contributed by atoms with Crippen LogP contribution in [-0.2, 0) is 11.3 Å². The Morgan fingerprint density at radius 1 is 1.31 bits per heavy atom. The van der Waals surface area contributed by atoms with Crippen LogP contribution >= 0.6 is 0 Å². The molecular formula is C19H22N4O3. The first-order valence-electron chi connectivity index (χ1n) is 8.59. The number of anilines is 2.